The van der Waals surface area contributed by atoms with Crippen molar-refractivity contribution < 1.29 is 17.6 Å². The maximum atomic E-state index is 12.8. The SMILES string of the molecule is Cc1cc(C(=O)CSc2nnc(CC3CCS(=O)(=O)C3)o2)c(C)n1-c1ccccc1. The third-order valence-corrected chi connectivity index (χ3v) is 7.97. The molecule has 4 rings (SSSR count). The quantitative estimate of drug-likeness (QED) is 0.406. The highest BCUT2D eigenvalue weighted by Gasteiger charge is 2.29. The van der Waals surface area contributed by atoms with E-state index < -0.39 is 9.84 Å². The summed E-state index contributed by atoms with van der Waals surface area (Å²) in [5.74, 6) is 1.04. The van der Waals surface area contributed by atoms with Crippen LogP contribution in [-0.2, 0) is 16.3 Å². The fourth-order valence-corrected chi connectivity index (χ4v) is 6.41. The second-order valence-electron chi connectivity index (χ2n) is 7.60. The smallest absolute Gasteiger partial charge is 0.277 e. The van der Waals surface area contributed by atoms with Gasteiger partial charge >= 0.3 is 0 Å². The molecular weight excluding hydrogens is 422 g/mol. The molecular formula is C21H23N3O4S2. The van der Waals surface area contributed by atoms with Gasteiger partial charge in [-0.2, -0.15) is 0 Å². The molecule has 0 N–H and O–H groups in total. The second kappa shape index (κ2) is 8.39. The summed E-state index contributed by atoms with van der Waals surface area (Å²) >= 11 is 1.20. The summed E-state index contributed by atoms with van der Waals surface area (Å²) in [5.41, 5.74) is 3.60. The molecule has 30 heavy (non-hydrogen) atoms. The molecule has 0 aliphatic carbocycles. The van der Waals surface area contributed by atoms with Gasteiger partial charge in [0.25, 0.3) is 5.22 Å². The van der Waals surface area contributed by atoms with Crippen molar-refractivity contribution in [2.24, 2.45) is 5.92 Å². The van der Waals surface area contributed by atoms with Crippen molar-refractivity contribution >= 4 is 27.4 Å². The number of aromatic nitrogens is 3. The molecule has 1 aliphatic heterocycles. The van der Waals surface area contributed by atoms with Gasteiger partial charge in [0.15, 0.2) is 15.6 Å². The average molecular weight is 446 g/mol. The van der Waals surface area contributed by atoms with Gasteiger partial charge in [0.05, 0.1) is 17.3 Å². The van der Waals surface area contributed by atoms with Crippen LogP contribution in [0.25, 0.3) is 5.69 Å². The Balaban J connectivity index is 1.39. The first-order valence-corrected chi connectivity index (χ1v) is 12.6. The Bertz CT molecular complexity index is 1170. The van der Waals surface area contributed by atoms with Crippen molar-refractivity contribution in [1.82, 2.24) is 14.8 Å². The summed E-state index contributed by atoms with van der Waals surface area (Å²) in [6, 6.07) is 11.8. The normalized spacial score (nSPS) is 18.0. The van der Waals surface area contributed by atoms with Crippen LogP contribution >= 0.6 is 11.8 Å². The summed E-state index contributed by atoms with van der Waals surface area (Å²) in [7, 11) is -2.93. The van der Waals surface area contributed by atoms with Gasteiger partial charge in [-0.15, -0.1) is 10.2 Å². The van der Waals surface area contributed by atoms with Crippen LogP contribution in [0, 0.1) is 19.8 Å². The number of hydrogen-bond donors (Lipinski definition) is 0. The first-order valence-electron chi connectivity index (χ1n) is 9.75. The van der Waals surface area contributed by atoms with Gasteiger partial charge in [-0.3, -0.25) is 4.79 Å². The first-order chi connectivity index (χ1) is 14.3. The van der Waals surface area contributed by atoms with Gasteiger partial charge in [0, 0.05) is 29.1 Å². The van der Waals surface area contributed by atoms with E-state index in [0.29, 0.717) is 29.5 Å². The van der Waals surface area contributed by atoms with E-state index in [1.165, 1.54) is 11.8 Å². The van der Waals surface area contributed by atoms with Crippen LogP contribution in [0.1, 0.15) is 34.1 Å². The standard InChI is InChI=1S/C21H23N3O4S2/c1-14-10-18(15(2)24(14)17-6-4-3-5-7-17)19(25)12-29-21-23-22-20(28-21)11-16-8-9-30(26,27)13-16/h3-7,10,16H,8-9,11-13H2,1-2H3. The van der Waals surface area contributed by atoms with E-state index in [1.807, 2.05) is 50.2 Å². The summed E-state index contributed by atoms with van der Waals surface area (Å²) in [6.45, 7) is 3.93. The summed E-state index contributed by atoms with van der Waals surface area (Å²) in [6.07, 6.45) is 1.08. The maximum absolute atomic E-state index is 12.8. The molecule has 9 heteroatoms. The molecule has 0 bridgehead atoms. The molecule has 2 aromatic heterocycles. The number of aryl methyl sites for hydroxylation is 1. The number of ketones is 1. The number of sulfone groups is 1. The zero-order valence-corrected chi connectivity index (χ0v) is 18.5. The molecule has 0 saturated carbocycles. The van der Waals surface area contributed by atoms with Gasteiger partial charge in [0.1, 0.15) is 0 Å². The van der Waals surface area contributed by atoms with Gasteiger partial charge in [-0.1, -0.05) is 30.0 Å². The molecule has 3 heterocycles. The lowest BCUT2D eigenvalue weighted by molar-refractivity contribution is 0.102. The minimum Gasteiger partial charge on any atom is -0.416 e. The fourth-order valence-electron chi connectivity index (χ4n) is 3.88. The summed E-state index contributed by atoms with van der Waals surface area (Å²) in [5, 5.41) is 8.33. The molecule has 158 valence electrons. The lowest BCUT2D eigenvalue weighted by Gasteiger charge is -2.09. The van der Waals surface area contributed by atoms with Crippen molar-refractivity contribution in [3.63, 3.8) is 0 Å². The van der Waals surface area contributed by atoms with Crippen LogP contribution in [0.3, 0.4) is 0 Å². The zero-order valence-electron chi connectivity index (χ0n) is 16.9. The van der Waals surface area contributed by atoms with Crippen LogP contribution in [0.15, 0.2) is 46.0 Å². The molecule has 7 nitrogen and oxygen atoms in total. The largest absolute Gasteiger partial charge is 0.416 e. The van der Waals surface area contributed by atoms with Crippen molar-refractivity contribution in [1.29, 1.82) is 0 Å². The number of Topliss-reactive ketones (excluding diaryl/α,β-unsaturated/α-hetero) is 1. The number of rotatable bonds is 7. The molecule has 1 aliphatic rings. The lowest BCUT2D eigenvalue weighted by Crippen LogP contribution is -2.07. The Hall–Kier alpha value is -2.39. The molecule has 1 atom stereocenters. The molecule has 1 fully saturated rings. The number of carbonyl (C=O) groups is 1. The average Bonchev–Trinajstić information content (AvgIpc) is 3.38. The third kappa shape index (κ3) is 4.52. The molecule has 0 spiro atoms. The minimum absolute atomic E-state index is 0.00285. The number of thioether (sulfide) groups is 1. The number of para-hydroxylation sites is 1. The van der Waals surface area contributed by atoms with Crippen molar-refractivity contribution in [2.45, 2.75) is 31.9 Å². The van der Waals surface area contributed by atoms with Crippen LogP contribution in [0.2, 0.25) is 0 Å². The molecule has 1 unspecified atom stereocenters. The van der Waals surface area contributed by atoms with E-state index in [-0.39, 0.29) is 29.0 Å². The van der Waals surface area contributed by atoms with E-state index in [1.54, 1.807) is 0 Å². The molecule has 0 radical (unpaired) electrons. The Morgan fingerprint density at radius 1 is 1.23 bits per heavy atom. The Kier molecular flexibility index (Phi) is 5.84. The van der Waals surface area contributed by atoms with Crippen molar-refractivity contribution in [2.75, 3.05) is 17.3 Å². The van der Waals surface area contributed by atoms with Crippen LogP contribution in [0.4, 0.5) is 0 Å². The van der Waals surface area contributed by atoms with E-state index >= 15 is 0 Å². The Labute approximate surface area is 179 Å². The van der Waals surface area contributed by atoms with Gasteiger partial charge in [0.2, 0.25) is 5.89 Å². The number of benzene rings is 1. The third-order valence-electron chi connectivity index (χ3n) is 5.31. The molecule has 3 aromatic rings. The predicted octanol–water partition coefficient (Wildman–Crippen LogP) is 3.43. The van der Waals surface area contributed by atoms with Crippen molar-refractivity contribution in [3.8, 4) is 5.69 Å². The summed E-state index contributed by atoms with van der Waals surface area (Å²) < 4.78 is 30.8. The monoisotopic (exact) mass is 445 g/mol. The maximum Gasteiger partial charge on any atom is 0.277 e. The van der Waals surface area contributed by atoms with Crippen LogP contribution in [-0.4, -0.2) is 46.2 Å². The van der Waals surface area contributed by atoms with E-state index in [4.69, 9.17) is 4.42 Å². The highest BCUT2D eigenvalue weighted by Crippen LogP contribution is 2.26. The highest BCUT2D eigenvalue weighted by atomic mass is 32.2. The number of carbonyl (C=O) groups excluding carboxylic acids is 1. The Morgan fingerprint density at radius 3 is 2.70 bits per heavy atom. The number of nitrogens with zero attached hydrogens (tertiary/aromatic N) is 3. The topological polar surface area (TPSA) is 95.1 Å². The zero-order chi connectivity index (χ0) is 21.3. The minimum atomic E-state index is -2.93. The fraction of sp³-hybridized carbons (Fsp3) is 0.381. The van der Waals surface area contributed by atoms with Crippen LogP contribution in [0.5, 0.6) is 0 Å². The van der Waals surface area contributed by atoms with Crippen LogP contribution < -0.4 is 0 Å². The van der Waals surface area contributed by atoms with E-state index in [0.717, 1.165) is 17.1 Å². The van der Waals surface area contributed by atoms with E-state index in [2.05, 4.69) is 14.8 Å². The second-order valence-corrected chi connectivity index (χ2v) is 10.8. The van der Waals surface area contributed by atoms with Gasteiger partial charge in [-0.25, -0.2) is 8.42 Å². The van der Waals surface area contributed by atoms with Crippen molar-refractivity contribution in [3.05, 3.63) is 59.2 Å². The predicted molar refractivity (Wildman–Crippen MR) is 115 cm³/mol. The molecule has 0 amide bonds. The van der Waals surface area contributed by atoms with E-state index in [9.17, 15) is 13.2 Å². The number of hydrogen-bond acceptors (Lipinski definition) is 7. The first kappa shape index (κ1) is 20.9. The highest BCUT2D eigenvalue weighted by molar-refractivity contribution is 7.99. The lowest BCUT2D eigenvalue weighted by atomic mass is 10.1. The molecule has 1 aromatic carbocycles. The van der Waals surface area contributed by atoms with Gasteiger partial charge in [-0.05, 0) is 44.4 Å². The Morgan fingerprint density at radius 2 is 2.00 bits per heavy atom. The molecule has 1 saturated heterocycles. The van der Waals surface area contributed by atoms with Gasteiger partial charge < -0.3 is 8.98 Å². The summed E-state index contributed by atoms with van der Waals surface area (Å²) in [4.78, 5) is 12.8.